The molecule has 1 unspecified atom stereocenters. The lowest BCUT2D eigenvalue weighted by Crippen LogP contribution is -2.64. The topological polar surface area (TPSA) is 58.4 Å². The maximum atomic E-state index is 13.5. The molecule has 0 saturated carbocycles. The molecule has 4 rings (SSSR count). The number of aromatic nitrogens is 2. The fourth-order valence-corrected chi connectivity index (χ4v) is 4.14. The Hall–Kier alpha value is -3.67. The molecular formula is C25H26N4O2. The van der Waals surface area contributed by atoms with Crippen LogP contribution in [-0.4, -0.2) is 51.0 Å². The Labute approximate surface area is 182 Å². The van der Waals surface area contributed by atoms with Crippen LogP contribution in [0.2, 0.25) is 0 Å². The van der Waals surface area contributed by atoms with Crippen molar-refractivity contribution in [2.45, 2.75) is 18.9 Å². The molecule has 0 N–H and O–H groups in total. The molecule has 3 aromatic rings. The molecule has 2 amide bonds. The molecule has 6 nitrogen and oxygen atoms in total. The van der Waals surface area contributed by atoms with Gasteiger partial charge in [0.25, 0.3) is 11.8 Å². The van der Waals surface area contributed by atoms with Crippen molar-refractivity contribution in [1.29, 1.82) is 0 Å². The highest BCUT2D eigenvalue weighted by molar-refractivity contribution is 6.09. The molecular weight excluding hydrogens is 388 g/mol. The number of piperazine rings is 1. The molecule has 1 atom stereocenters. The molecule has 1 saturated heterocycles. The number of hydrogen-bond donors (Lipinski definition) is 0. The van der Waals surface area contributed by atoms with Crippen LogP contribution in [0.3, 0.4) is 0 Å². The monoisotopic (exact) mass is 414 g/mol. The Kier molecular flexibility index (Phi) is 5.23. The fraction of sp³-hybridized carbons (Fsp3) is 0.240. The van der Waals surface area contributed by atoms with E-state index >= 15 is 0 Å². The van der Waals surface area contributed by atoms with E-state index in [4.69, 9.17) is 0 Å². The first-order chi connectivity index (χ1) is 14.8. The van der Waals surface area contributed by atoms with Gasteiger partial charge in [-0.25, -0.2) is 0 Å². The van der Waals surface area contributed by atoms with Crippen LogP contribution in [0.5, 0.6) is 0 Å². The van der Waals surface area contributed by atoms with Crippen LogP contribution in [0.15, 0.2) is 72.6 Å². The molecule has 0 spiro atoms. The second-order valence-electron chi connectivity index (χ2n) is 8.12. The Morgan fingerprint density at radius 2 is 1.61 bits per heavy atom. The number of benzene rings is 2. The van der Waals surface area contributed by atoms with Gasteiger partial charge in [-0.15, -0.1) is 0 Å². The summed E-state index contributed by atoms with van der Waals surface area (Å²) in [6.07, 6.45) is 3.99. The molecule has 6 heteroatoms. The first kappa shape index (κ1) is 20.6. The van der Waals surface area contributed by atoms with Crippen LogP contribution in [-0.2, 0) is 23.1 Å². The van der Waals surface area contributed by atoms with Crippen molar-refractivity contribution >= 4 is 17.9 Å². The van der Waals surface area contributed by atoms with Crippen LogP contribution < -0.4 is 0 Å². The second kappa shape index (κ2) is 7.87. The maximum Gasteiger partial charge on any atom is 0.271 e. The van der Waals surface area contributed by atoms with E-state index < -0.39 is 5.54 Å². The van der Waals surface area contributed by atoms with Crippen LogP contribution in [0.25, 0.3) is 17.3 Å². The van der Waals surface area contributed by atoms with Gasteiger partial charge in [0.05, 0.1) is 5.69 Å². The highest BCUT2D eigenvalue weighted by Gasteiger charge is 2.48. The molecule has 31 heavy (non-hydrogen) atoms. The van der Waals surface area contributed by atoms with Gasteiger partial charge in [-0.1, -0.05) is 54.6 Å². The largest absolute Gasteiger partial charge is 0.326 e. The molecule has 0 radical (unpaired) electrons. The molecule has 2 heterocycles. The minimum Gasteiger partial charge on any atom is -0.326 e. The Morgan fingerprint density at radius 3 is 2.29 bits per heavy atom. The lowest BCUT2D eigenvalue weighted by atomic mass is 9.87. The minimum atomic E-state index is -0.952. The Balaban J connectivity index is 1.73. The lowest BCUT2D eigenvalue weighted by Gasteiger charge is -2.45. The van der Waals surface area contributed by atoms with Gasteiger partial charge in [0.1, 0.15) is 11.2 Å². The first-order valence-corrected chi connectivity index (χ1v) is 10.2. The first-order valence-electron chi connectivity index (χ1n) is 10.2. The number of rotatable bonds is 4. The third-order valence-corrected chi connectivity index (χ3v) is 6.13. The zero-order chi connectivity index (χ0) is 22.2. The highest BCUT2D eigenvalue weighted by Crippen LogP contribution is 2.32. The summed E-state index contributed by atoms with van der Waals surface area (Å²) in [6, 6.07) is 19.5. The van der Waals surface area contributed by atoms with Crippen LogP contribution in [0, 0.1) is 0 Å². The summed E-state index contributed by atoms with van der Waals surface area (Å²) in [5, 5.41) is 4.25. The van der Waals surface area contributed by atoms with Gasteiger partial charge in [0, 0.05) is 39.3 Å². The van der Waals surface area contributed by atoms with Crippen molar-refractivity contribution in [3.63, 3.8) is 0 Å². The third kappa shape index (κ3) is 3.54. The number of nitrogens with zero attached hydrogens (tertiary/aromatic N) is 4. The fourth-order valence-electron chi connectivity index (χ4n) is 4.14. The van der Waals surface area contributed by atoms with E-state index in [9.17, 15) is 9.59 Å². The van der Waals surface area contributed by atoms with Crippen molar-refractivity contribution in [2.24, 2.45) is 7.05 Å². The zero-order valence-corrected chi connectivity index (χ0v) is 18.2. The van der Waals surface area contributed by atoms with Crippen molar-refractivity contribution in [3.8, 4) is 11.3 Å². The molecule has 2 aromatic carbocycles. The summed E-state index contributed by atoms with van der Waals surface area (Å²) in [5.41, 5.74) is 3.16. The summed E-state index contributed by atoms with van der Waals surface area (Å²) in [6.45, 7) is 1.83. The standard InChI is InChI=1S/C25H26N4O2/c1-25(17-18-10-6-5-7-11-18)24(31)27(2)22(23(30)28(25)3)16-19-12-8-9-13-20(19)21-14-15-26-29(21)4/h5-16H,17H2,1-4H3. The van der Waals surface area contributed by atoms with Gasteiger partial charge in [-0.2, -0.15) is 5.10 Å². The average molecular weight is 415 g/mol. The van der Waals surface area contributed by atoms with Gasteiger partial charge in [0.15, 0.2) is 0 Å². The molecule has 0 aliphatic carbocycles. The number of aryl methyl sites for hydroxylation is 1. The number of carbonyl (C=O) groups is 2. The van der Waals surface area contributed by atoms with Gasteiger partial charge in [0.2, 0.25) is 0 Å². The number of hydrogen-bond acceptors (Lipinski definition) is 3. The summed E-state index contributed by atoms with van der Waals surface area (Å²) < 4.78 is 1.79. The lowest BCUT2D eigenvalue weighted by molar-refractivity contribution is -0.155. The van der Waals surface area contributed by atoms with E-state index in [0.717, 1.165) is 22.4 Å². The van der Waals surface area contributed by atoms with E-state index in [2.05, 4.69) is 5.10 Å². The number of amides is 2. The summed E-state index contributed by atoms with van der Waals surface area (Å²) in [5.74, 6) is -0.289. The van der Waals surface area contributed by atoms with E-state index in [1.54, 1.807) is 35.9 Å². The zero-order valence-electron chi connectivity index (χ0n) is 18.2. The van der Waals surface area contributed by atoms with E-state index in [-0.39, 0.29) is 11.8 Å². The van der Waals surface area contributed by atoms with Crippen LogP contribution >= 0.6 is 0 Å². The predicted molar refractivity (Wildman–Crippen MR) is 121 cm³/mol. The number of likely N-dealkylation sites (N-methyl/N-ethyl adjacent to an activating group) is 2. The van der Waals surface area contributed by atoms with E-state index in [0.29, 0.717) is 12.1 Å². The van der Waals surface area contributed by atoms with E-state index in [1.807, 2.05) is 74.6 Å². The molecule has 158 valence electrons. The van der Waals surface area contributed by atoms with Gasteiger partial charge in [-0.3, -0.25) is 14.3 Å². The molecule has 1 aromatic heterocycles. The van der Waals surface area contributed by atoms with Crippen molar-refractivity contribution in [3.05, 3.63) is 83.7 Å². The maximum absolute atomic E-state index is 13.5. The smallest absolute Gasteiger partial charge is 0.271 e. The predicted octanol–water partition coefficient (Wildman–Crippen LogP) is 3.36. The van der Waals surface area contributed by atoms with E-state index in [1.165, 1.54) is 4.90 Å². The molecule has 0 bridgehead atoms. The summed E-state index contributed by atoms with van der Waals surface area (Å²) >= 11 is 0. The SMILES string of the molecule is CN1C(=O)C(C)(Cc2ccccc2)N(C)C(=O)C1=Cc1ccccc1-c1ccnn1C. The van der Waals surface area contributed by atoms with Crippen LogP contribution in [0.1, 0.15) is 18.1 Å². The van der Waals surface area contributed by atoms with Gasteiger partial charge >= 0.3 is 0 Å². The quantitative estimate of drug-likeness (QED) is 0.615. The van der Waals surface area contributed by atoms with Gasteiger partial charge in [-0.05, 0) is 30.2 Å². The third-order valence-electron chi connectivity index (χ3n) is 6.13. The molecule has 1 aliphatic rings. The highest BCUT2D eigenvalue weighted by atomic mass is 16.2. The van der Waals surface area contributed by atoms with Crippen LogP contribution in [0.4, 0.5) is 0 Å². The molecule has 1 fully saturated rings. The normalized spacial score (nSPS) is 20.6. The molecule has 1 aliphatic heterocycles. The summed E-state index contributed by atoms with van der Waals surface area (Å²) in [7, 11) is 5.26. The Bertz CT molecular complexity index is 1170. The van der Waals surface area contributed by atoms with Crippen molar-refractivity contribution < 1.29 is 9.59 Å². The average Bonchev–Trinajstić information content (AvgIpc) is 3.21. The summed E-state index contributed by atoms with van der Waals surface area (Å²) in [4.78, 5) is 29.9. The van der Waals surface area contributed by atoms with Gasteiger partial charge < -0.3 is 9.80 Å². The second-order valence-corrected chi connectivity index (χ2v) is 8.12. The van der Waals surface area contributed by atoms with Crippen molar-refractivity contribution in [2.75, 3.05) is 14.1 Å². The minimum absolute atomic E-state index is 0.109. The number of carbonyl (C=O) groups excluding carboxylic acids is 2. The van der Waals surface area contributed by atoms with Crippen molar-refractivity contribution in [1.82, 2.24) is 19.6 Å². The Morgan fingerprint density at radius 1 is 0.935 bits per heavy atom.